The summed E-state index contributed by atoms with van der Waals surface area (Å²) in [5.74, 6) is -61.4. The molecule has 3 rings (SSSR count). The first-order valence-corrected chi connectivity index (χ1v) is 21.4. The van der Waals surface area contributed by atoms with Crippen LogP contribution in [0.5, 0.6) is 11.5 Å². The van der Waals surface area contributed by atoms with Gasteiger partial charge in [0.05, 0.1) is 11.4 Å². The van der Waals surface area contributed by atoms with Crippen molar-refractivity contribution in [2.75, 3.05) is 37.9 Å². The summed E-state index contributed by atoms with van der Waals surface area (Å²) in [7, 11) is -22.1. The van der Waals surface area contributed by atoms with Gasteiger partial charge in [-0.05, 0) is 24.3 Å². The number of rotatable bonds is 20. The molecule has 0 atom stereocenters. The number of para-hydroxylation sites is 4. The molecule has 2 aromatic rings. The third kappa shape index (κ3) is 12.0. The van der Waals surface area contributed by atoms with Crippen molar-refractivity contribution in [3.05, 3.63) is 48.5 Å². The van der Waals surface area contributed by atoms with Gasteiger partial charge in [-0.15, -0.1) is 13.5 Å². The predicted molar refractivity (Wildman–Crippen MR) is 179 cm³/mol. The second-order valence-corrected chi connectivity index (χ2v) is 19.7. The highest BCUT2D eigenvalue weighted by Crippen LogP contribution is 2.81. The number of benzene rings is 2. The van der Waals surface area contributed by atoms with E-state index in [-0.39, 0.29) is 0 Å². The van der Waals surface area contributed by atoms with Crippen molar-refractivity contribution in [1.29, 1.82) is 0 Å². The summed E-state index contributed by atoms with van der Waals surface area (Å²) < 4.78 is 424. The number of hydrogen-bond donors (Lipinski definition) is 2. The average molecular weight is 1150 g/mol. The smallest absolute Gasteiger partial charge is 0.411 e. The van der Waals surface area contributed by atoms with Gasteiger partial charge in [-0.2, -0.15) is 123 Å². The van der Waals surface area contributed by atoms with E-state index in [0.29, 0.717) is 36.4 Å². The number of nitrogen functional groups attached to an aromatic ring is 2. The van der Waals surface area contributed by atoms with Crippen molar-refractivity contribution in [3.63, 3.8) is 0 Å². The van der Waals surface area contributed by atoms with E-state index in [0.717, 1.165) is 12.1 Å². The molecular weight excluding hydrogens is 1130 g/mol. The van der Waals surface area contributed by atoms with Crippen LogP contribution in [0.3, 0.4) is 0 Å². The molecular formula is C28H20F28N5O6P3. The van der Waals surface area contributed by atoms with Crippen LogP contribution in [0.4, 0.5) is 134 Å². The Morgan fingerprint density at radius 3 is 0.743 bits per heavy atom. The standard InChI is InChI=1S/C28H20F28N5O6P3/c29-17(30,21(37,38)25(45,46)47)9-62-68(63-10-18(31,32)22(39,40)26(48,49)50)59-69(64-11-19(33,34)23(41,42)27(51,52)53,65-12-20(35,36)24(43,44)28(54,55)56)61-70(60-68,66-15-7-3-1-5-13(15)57)67-16-8-4-2-6-14(16)58/h1-8H,9-12,57-58H2. The topological polar surface area (TPSA) is 144 Å². The van der Waals surface area contributed by atoms with Crippen LogP contribution < -0.4 is 20.5 Å². The van der Waals surface area contributed by atoms with E-state index < -0.39 is 144 Å². The number of anilines is 2. The van der Waals surface area contributed by atoms with E-state index in [9.17, 15) is 123 Å². The Morgan fingerprint density at radius 2 is 0.529 bits per heavy atom. The molecule has 1 aliphatic heterocycles. The van der Waals surface area contributed by atoms with E-state index in [1.54, 1.807) is 0 Å². The summed E-state index contributed by atoms with van der Waals surface area (Å²) >= 11 is 0. The molecule has 42 heteroatoms. The molecule has 2 aromatic carbocycles. The van der Waals surface area contributed by atoms with Gasteiger partial charge in [-0.1, -0.05) is 24.3 Å². The maximum Gasteiger partial charge on any atom is 0.459 e. The zero-order valence-electron chi connectivity index (χ0n) is 32.3. The second kappa shape index (κ2) is 18.9. The minimum atomic E-state index is -7.68. The summed E-state index contributed by atoms with van der Waals surface area (Å²) in [5.41, 5.74) is 9.22. The van der Waals surface area contributed by atoms with Crippen LogP contribution in [0.2, 0.25) is 0 Å². The van der Waals surface area contributed by atoms with E-state index in [2.05, 4.69) is 31.6 Å². The molecule has 0 saturated carbocycles. The quantitative estimate of drug-likeness (QED) is 0.0758. The van der Waals surface area contributed by atoms with Crippen molar-refractivity contribution in [3.8, 4) is 11.5 Å². The first-order chi connectivity index (χ1) is 30.9. The SMILES string of the molecule is Nc1ccccc1OP1(Oc2ccccc2N)=NP(OCC(F)(F)C(F)(F)C(F)(F)F)(OCC(F)(F)C(F)(F)C(F)(F)F)=NP(OCC(F)(F)C(F)(F)C(F)(F)F)(OCC(F)(F)C(F)(F)C(F)(F)F)=N1. The Morgan fingerprint density at radius 1 is 0.329 bits per heavy atom. The highest BCUT2D eigenvalue weighted by Gasteiger charge is 2.77. The first-order valence-electron chi connectivity index (χ1n) is 16.8. The van der Waals surface area contributed by atoms with E-state index in [1.807, 2.05) is 0 Å². The van der Waals surface area contributed by atoms with Crippen LogP contribution in [0.1, 0.15) is 0 Å². The highest BCUT2D eigenvalue weighted by atomic mass is 31.3. The van der Waals surface area contributed by atoms with Gasteiger partial charge in [-0.3, -0.25) is 18.1 Å². The van der Waals surface area contributed by atoms with Crippen LogP contribution in [0.15, 0.2) is 62.1 Å². The molecule has 4 N–H and O–H groups in total. The lowest BCUT2D eigenvalue weighted by Gasteiger charge is -2.37. The number of alkyl halides is 28. The number of halogens is 28. The van der Waals surface area contributed by atoms with Gasteiger partial charge in [0.1, 0.15) is 26.4 Å². The van der Waals surface area contributed by atoms with Gasteiger partial charge in [0.15, 0.2) is 11.5 Å². The molecule has 11 nitrogen and oxygen atoms in total. The molecule has 70 heavy (non-hydrogen) atoms. The molecule has 404 valence electrons. The van der Waals surface area contributed by atoms with Crippen LogP contribution in [-0.4, -0.2) is 98.5 Å². The molecule has 0 saturated heterocycles. The average Bonchev–Trinajstić information content (AvgIpc) is 3.18. The molecule has 1 aliphatic rings. The van der Waals surface area contributed by atoms with Crippen molar-refractivity contribution < 1.29 is 150 Å². The molecule has 0 fully saturated rings. The fraction of sp³-hybridized carbons (Fsp3) is 0.571. The summed E-state index contributed by atoms with van der Waals surface area (Å²) in [6.07, 6.45) is -30.1. The van der Waals surface area contributed by atoms with Crippen LogP contribution in [0.25, 0.3) is 0 Å². The van der Waals surface area contributed by atoms with Gasteiger partial charge >= 0.3 is 95.1 Å². The van der Waals surface area contributed by atoms with Crippen LogP contribution >= 0.6 is 23.0 Å². The maximum atomic E-state index is 14.8. The molecule has 0 unspecified atom stereocenters. The fourth-order valence-electron chi connectivity index (χ4n) is 4.09. The van der Waals surface area contributed by atoms with Gasteiger partial charge in [-0.25, -0.2) is 0 Å². The zero-order valence-corrected chi connectivity index (χ0v) is 35.0. The molecule has 0 aliphatic carbocycles. The highest BCUT2D eigenvalue weighted by molar-refractivity contribution is 7.78. The van der Waals surface area contributed by atoms with Crippen molar-refractivity contribution in [1.82, 2.24) is 0 Å². The number of nitrogens with zero attached hydrogens (tertiary/aromatic N) is 3. The summed E-state index contributed by atoms with van der Waals surface area (Å²) in [6.45, 7) is -16.3. The third-order valence-electron chi connectivity index (χ3n) is 7.87. The Labute approximate surface area is 368 Å². The Kier molecular flexibility index (Phi) is 16.4. The molecule has 0 radical (unpaired) electrons. The molecule has 1 heterocycles. The fourth-order valence-corrected chi connectivity index (χ4v) is 13.5. The van der Waals surface area contributed by atoms with E-state index in [1.165, 1.54) is 0 Å². The lowest BCUT2D eigenvalue weighted by molar-refractivity contribution is -0.360. The molecule has 0 bridgehead atoms. The normalized spacial score (nSPS) is 17.8. The minimum Gasteiger partial charge on any atom is -0.411 e. The minimum absolute atomic E-state index is 0.418. The van der Waals surface area contributed by atoms with Crippen LogP contribution in [0, 0.1) is 0 Å². The predicted octanol–water partition coefficient (Wildman–Crippen LogP) is 14.6. The molecule has 0 aromatic heterocycles. The maximum absolute atomic E-state index is 14.8. The Balaban J connectivity index is 2.78. The number of nitrogens with two attached hydrogens (primary N) is 2. The molecule has 0 spiro atoms. The van der Waals surface area contributed by atoms with E-state index in [4.69, 9.17) is 20.5 Å². The van der Waals surface area contributed by atoms with E-state index >= 15 is 0 Å². The lowest BCUT2D eigenvalue weighted by Crippen LogP contribution is -2.54. The second-order valence-electron chi connectivity index (χ2n) is 13.2. The Hall–Kier alpha value is -3.79. The van der Waals surface area contributed by atoms with Gasteiger partial charge in [0.2, 0.25) is 0 Å². The summed E-state index contributed by atoms with van der Waals surface area (Å²) in [4.78, 5) is 0. The first kappa shape index (κ1) is 60.5. The third-order valence-corrected chi connectivity index (χ3v) is 16.0. The Bertz CT molecular complexity index is 2140. The van der Waals surface area contributed by atoms with Gasteiger partial charge in [0, 0.05) is 0 Å². The van der Waals surface area contributed by atoms with Gasteiger partial charge in [0.25, 0.3) is 0 Å². The summed E-state index contributed by atoms with van der Waals surface area (Å²) in [5, 5.41) is 0. The lowest BCUT2D eigenvalue weighted by atomic mass is 10.2. The van der Waals surface area contributed by atoms with Crippen molar-refractivity contribution in [2.24, 2.45) is 13.5 Å². The van der Waals surface area contributed by atoms with Crippen LogP contribution in [-0.2, 0) is 18.1 Å². The van der Waals surface area contributed by atoms with Gasteiger partial charge < -0.3 is 20.5 Å². The number of hydrogen-bond acceptors (Lipinski definition) is 11. The summed E-state index contributed by atoms with van der Waals surface area (Å²) in [6, 6.07) is 5.25. The monoisotopic (exact) mass is 1150 g/mol. The zero-order chi connectivity index (χ0) is 54.7. The largest absolute Gasteiger partial charge is 0.459 e. The van der Waals surface area contributed by atoms with Crippen molar-refractivity contribution in [2.45, 2.75) is 72.1 Å². The molecule has 0 amide bonds. The van der Waals surface area contributed by atoms with Crippen molar-refractivity contribution >= 4 is 34.4 Å².